The topological polar surface area (TPSA) is 0 Å². The van der Waals surface area contributed by atoms with E-state index < -0.39 is 0 Å². The van der Waals surface area contributed by atoms with Crippen LogP contribution in [-0.4, -0.2) is 0 Å². The summed E-state index contributed by atoms with van der Waals surface area (Å²) in [5.74, 6) is 2.22. The molecule has 5 atom stereocenters. The number of rotatable bonds is 4. The molecule has 0 aromatic heterocycles. The van der Waals surface area contributed by atoms with Crippen molar-refractivity contribution in [2.24, 2.45) is 17.3 Å². The van der Waals surface area contributed by atoms with Gasteiger partial charge in [0.2, 0.25) is 0 Å². The molecule has 5 aliphatic rings. The van der Waals surface area contributed by atoms with Crippen molar-refractivity contribution in [1.29, 1.82) is 0 Å². The third kappa shape index (κ3) is 5.39. The molecule has 0 heterocycles. The van der Waals surface area contributed by atoms with E-state index in [0.29, 0.717) is 23.7 Å². The van der Waals surface area contributed by atoms with Gasteiger partial charge in [-0.05, 0) is 186 Å². The number of allylic oxidation sites excluding steroid dienone is 4. The van der Waals surface area contributed by atoms with Gasteiger partial charge < -0.3 is 0 Å². The molecule has 0 amide bonds. The fourth-order valence-electron chi connectivity index (χ4n) is 14.1. The Morgan fingerprint density at radius 1 is 0.530 bits per heavy atom. The van der Waals surface area contributed by atoms with Crippen LogP contribution in [0.4, 0.5) is 0 Å². The van der Waals surface area contributed by atoms with E-state index in [-0.39, 0.29) is 27.6 Å². The zero-order valence-corrected chi connectivity index (χ0v) is 41.5. The third-order valence-electron chi connectivity index (χ3n) is 18.0. The van der Waals surface area contributed by atoms with Crippen LogP contribution in [0.1, 0.15) is 153 Å². The first-order valence-electron chi connectivity index (χ1n) is 25.4. The minimum atomic E-state index is -0.00470. The zero-order valence-electron chi connectivity index (χ0n) is 41.5. The average Bonchev–Trinajstić information content (AvgIpc) is 3.88. The number of hydrogen-bond acceptors (Lipinski definition) is 0. The predicted octanol–water partition coefficient (Wildman–Crippen LogP) is 18.4. The number of fused-ring (bicyclic) bond motifs is 6. The molecule has 0 nitrogen and oxygen atoms in total. The summed E-state index contributed by atoms with van der Waals surface area (Å²) in [6.07, 6.45) is 8.77. The quantitative estimate of drug-likeness (QED) is 0.155. The van der Waals surface area contributed by atoms with Crippen molar-refractivity contribution in [1.82, 2.24) is 0 Å². The van der Waals surface area contributed by atoms with Crippen molar-refractivity contribution >= 4 is 43.1 Å². The Hall–Kier alpha value is -5.46. The maximum atomic E-state index is 2.78. The Morgan fingerprint density at radius 2 is 1.17 bits per heavy atom. The molecule has 66 heavy (non-hydrogen) atoms. The summed E-state index contributed by atoms with van der Waals surface area (Å²) >= 11 is 0. The molecular weight excluding hydrogens is 793 g/mol. The first kappa shape index (κ1) is 40.8. The highest BCUT2D eigenvalue weighted by Crippen LogP contribution is 2.77. The highest BCUT2D eigenvalue weighted by atomic mass is 14.7. The van der Waals surface area contributed by atoms with Crippen molar-refractivity contribution in [3.63, 3.8) is 0 Å². The van der Waals surface area contributed by atoms with Gasteiger partial charge in [0.25, 0.3) is 0 Å². The highest BCUT2D eigenvalue weighted by Gasteiger charge is 2.67. The van der Waals surface area contributed by atoms with Crippen LogP contribution in [-0.2, 0) is 22.7 Å². The molecule has 0 heteroatoms. The van der Waals surface area contributed by atoms with Crippen molar-refractivity contribution in [2.45, 2.75) is 136 Å². The SMILES string of the molecule is CC(C)C(C)C1=CC(c2c3c(c(-c4cc(C(C)(C)C)cc(C(C)(C)C)c4)c4c2-c2cc5cccc6ccc7ccc-4c2c7c65)C2CC24c2cccc5cccc(c25)C4C3)CC(C(C)(C)C)=C1. The van der Waals surface area contributed by atoms with Crippen LogP contribution in [0.5, 0.6) is 0 Å². The van der Waals surface area contributed by atoms with E-state index in [2.05, 4.69) is 198 Å². The van der Waals surface area contributed by atoms with E-state index >= 15 is 0 Å². The van der Waals surface area contributed by atoms with Crippen LogP contribution in [0.3, 0.4) is 0 Å². The van der Waals surface area contributed by atoms with Gasteiger partial charge in [0.15, 0.2) is 0 Å². The first-order chi connectivity index (χ1) is 31.3. The average molecular weight is 859 g/mol. The van der Waals surface area contributed by atoms with Gasteiger partial charge in [-0.15, -0.1) is 0 Å². The highest BCUT2D eigenvalue weighted by molar-refractivity contribution is 6.33. The smallest absolute Gasteiger partial charge is 0.0107 e. The van der Waals surface area contributed by atoms with Crippen molar-refractivity contribution in [3.05, 3.63) is 165 Å². The van der Waals surface area contributed by atoms with Gasteiger partial charge in [-0.3, -0.25) is 0 Å². The molecule has 330 valence electrons. The van der Waals surface area contributed by atoms with Gasteiger partial charge in [0.1, 0.15) is 0 Å². The molecule has 1 fully saturated rings. The van der Waals surface area contributed by atoms with Crippen LogP contribution in [0.15, 0.2) is 126 Å². The molecule has 5 aliphatic carbocycles. The minimum Gasteiger partial charge on any atom is -0.0732 e. The molecule has 0 N–H and O–H groups in total. The monoisotopic (exact) mass is 859 g/mol. The molecule has 8 aromatic rings. The summed E-state index contributed by atoms with van der Waals surface area (Å²) in [6.45, 7) is 29.2. The Bertz CT molecular complexity index is 3470. The van der Waals surface area contributed by atoms with Crippen LogP contribution < -0.4 is 0 Å². The van der Waals surface area contributed by atoms with Crippen molar-refractivity contribution in [2.75, 3.05) is 0 Å². The lowest BCUT2D eigenvalue weighted by molar-refractivity contribution is 0.450. The molecular formula is C66H66. The second kappa shape index (κ2) is 13.2. The standard InChI is InChI=1S/C66H66/c1-35(2)36(3)41-26-42(28-44(27-41)63(4,5)6)56-50-33-52-47-20-14-17-37-18-15-21-51(55(37)47)66(52)34-53(66)60(50)58(43-29-45(64(7,8)9)32-46(30-43)65(10,11)12)61-48-25-24-39-23-22-38-16-13-19-40-31-49(62(56)61)59(48)57(39)54(38)40/h13-27,29-32,35-36,42,52-53H,28,33-34H2,1-12H3. The van der Waals surface area contributed by atoms with Crippen LogP contribution in [0, 0.1) is 17.3 Å². The summed E-state index contributed by atoms with van der Waals surface area (Å²) in [6, 6.07) is 41.7. The second-order valence-corrected chi connectivity index (χ2v) is 25.1. The van der Waals surface area contributed by atoms with Gasteiger partial charge in [-0.25, -0.2) is 0 Å². The minimum absolute atomic E-state index is 0.00470. The third-order valence-corrected chi connectivity index (χ3v) is 18.0. The fourth-order valence-corrected chi connectivity index (χ4v) is 14.1. The maximum absolute atomic E-state index is 2.78. The van der Waals surface area contributed by atoms with E-state index in [9.17, 15) is 0 Å². The predicted molar refractivity (Wildman–Crippen MR) is 284 cm³/mol. The summed E-state index contributed by atoms with van der Waals surface area (Å²) in [5.41, 5.74) is 23.3. The lowest BCUT2D eigenvalue weighted by atomic mass is 9.65. The Morgan fingerprint density at radius 3 is 1.85 bits per heavy atom. The Labute approximate surface area is 393 Å². The van der Waals surface area contributed by atoms with Crippen LogP contribution in [0.2, 0.25) is 0 Å². The molecule has 1 saturated carbocycles. The lowest BCUT2D eigenvalue weighted by Crippen LogP contribution is -2.26. The summed E-state index contributed by atoms with van der Waals surface area (Å²) < 4.78 is 0. The molecule has 0 aliphatic heterocycles. The van der Waals surface area contributed by atoms with Crippen molar-refractivity contribution < 1.29 is 0 Å². The Kier molecular flexibility index (Phi) is 8.13. The first-order valence-corrected chi connectivity index (χ1v) is 25.4. The van der Waals surface area contributed by atoms with E-state index in [0.717, 1.165) is 12.8 Å². The van der Waals surface area contributed by atoms with Gasteiger partial charge in [0.05, 0.1) is 0 Å². The number of hydrogen-bond donors (Lipinski definition) is 0. The molecule has 5 unspecified atom stereocenters. The van der Waals surface area contributed by atoms with Crippen LogP contribution in [0.25, 0.3) is 76.5 Å². The number of benzene rings is 8. The molecule has 13 rings (SSSR count). The largest absolute Gasteiger partial charge is 0.0732 e. The van der Waals surface area contributed by atoms with E-state index in [4.69, 9.17) is 0 Å². The van der Waals surface area contributed by atoms with Gasteiger partial charge in [-0.1, -0.05) is 198 Å². The molecule has 0 bridgehead atoms. The van der Waals surface area contributed by atoms with Crippen LogP contribution >= 0.6 is 0 Å². The molecule has 1 spiro atoms. The van der Waals surface area contributed by atoms with Gasteiger partial charge in [-0.2, -0.15) is 0 Å². The normalized spacial score (nSPS) is 22.2. The van der Waals surface area contributed by atoms with Crippen molar-refractivity contribution in [3.8, 4) is 33.4 Å². The second-order valence-electron chi connectivity index (χ2n) is 25.1. The van der Waals surface area contributed by atoms with E-state index in [1.807, 2.05) is 0 Å². The molecule has 8 aromatic carbocycles. The summed E-state index contributed by atoms with van der Waals surface area (Å²) in [7, 11) is 0. The molecule has 0 radical (unpaired) electrons. The Balaban J connectivity index is 1.22. The molecule has 0 saturated heterocycles. The summed E-state index contributed by atoms with van der Waals surface area (Å²) in [4.78, 5) is 0. The summed E-state index contributed by atoms with van der Waals surface area (Å²) in [5, 5.41) is 11.4. The van der Waals surface area contributed by atoms with Gasteiger partial charge >= 0.3 is 0 Å². The zero-order chi connectivity index (χ0) is 45.7. The van der Waals surface area contributed by atoms with Gasteiger partial charge in [0, 0.05) is 11.3 Å². The fraction of sp³-hybridized carbons (Fsp3) is 0.364. The maximum Gasteiger partial charge on any atom is 0.0107 e. The lowest BCUT2D eigenvalue weighted by Gasteiger charge is -2.39. The van der Waals surface area contributed by atoms with E-state index in [1.54, 1.807) is 38.8 Å². The van der Waals surface area contributed by atoms with E-state index in [1.165, 1.54) is 94.2 Å².